The van der Waals surface area contributed by atoms with Crippen molar-refractivity contribution >= 4 is 23.4 Å². The smallest absolute Gasteiger partial charge is 0.242 e. The van der Waals surface area contributed by atoms with Gasteiger partial charge in [-0.05, 0) is 42.3 Å². The number of benzene rings is 2. The topological polar surface area (TPSA) is 58.6 Å². The summed E-state index contributed by atoms with van der Waals surface area (Å²) in [5.41, 5.74) is 1.75. The molecular weight excluding hydrogens is 376 g/mol. The van der Waals surface area contributed by atoms with Gasteiger partial charge in [-0.2, -0.15) is 0 Å². The average Bonchev–Trinajstić information content (AvgIpc) is 2.71. The Hall–Kier alpha value is -2.79. The first-order valence-electron chi connectivity index (χ1n) is 9.00. The van der Waals surface area contributed by atoms with Crippen molar-refractivity contribution in [3.05, 3.63) is 77.3 Å². The molecule has 148 valence electrons. The van der Waals surface area contributed by atoms with Crippen LogP contribution in [0.5, 0.6) is 5.75 Å². The number of carbonyl (C=O) groups excluding carboxylic acids is 2. The number of halogens is 1. The Morgan fingerprint density at radius 1 is 1.14 bits per heavy atom. The van der Waals surface area contributed by atoms with Gasteiger partial charge in [-0.3, -0.25) is 9.59 Å². The molecule has 0 spiro atoms. The molecule has 0 radical (unpaired) electrons. The lowest BCUT2D eigenvalue weighted by atomic mass is 10.1. The molecule has 0 saturated heterocycles. The predicted octanol–water partition coefficient (Wildman–Crippen LogP) is 3.61. The highest BCUT2D eigenvalue weighted by Crippen LogP contribution is 2.17. The van der Waals surface area contributed by atoms with E-state index in [1.807, 2.05) is 36.4 Å². The van der Waals surface area contributed by atoms with Gasteiger partial charge in [0.25, 0.3) is 0 Å². The first-order chi connectivity index (χ1) is 13.4. The first kappa shape index (κ1) is 21.5. The fourth-order valence-corrected chi connectivity index (χ4v) is 2.84. The fourth-order valence-electron chi connectivity index (χ4n) is 2.71. The van der Waals surface area contributed by atoms with E-state index in [0.29, 0.717) is 18.1 Å². The second kappa shape index (κ2) is 10.5. The van der Waals surface area contributed by atoms with Gasteiger partial charge in [0, 0.05) is 18.1 Å². The molecule has 0 aliphatic carbocycles. The Kier molecular flexibility index (Phi) is 8.08. The minimum Gasteiger partial charge on any atom is -0.497 e. The maximum atomic E-state index is 13.0. The largest absolute Gasteiger partial charge is 0.497 e. The van der Waals surface area contributed by atoms with Crippen LogP contribution < -0.4 is 10.1 Å². The van der Waals surface area contributed by atoms with Crippen molar-refractivity contribution in [1.82, 2.24) is 10.2 Å². The quantitative estimate of drug-likeness (QED) is 0.654. The molecule has 0 unspecified atom stereocenters. The normalized spacial score (nSPS) is 11.4. The van der Waals surface area contributed by atoms with Gasteiger partial charge in [0.15, 0.2) is 0 Å². The van der Waals surface area contributed by atoms with E-state index in [-0.39, 0.29) is 18.2 Å². The van der Waals surface area contributed by atoms with Gasteiger partial charge in [-0.15, -0.1) is 6.58 Å². The molecule has 28 heavy (non-hydrogen) atoms. The molecule has 0 bridgehead atoms. The van der Waals surface area contributed by atoms with Crippen molar-refractivity contribution in [2.24, 2.45) is 0 Å². The van der Waals surface area contributed by atoms with Crippen molar-refractivity contribution in [2.75, 3.05) is 13.7 Å². The Bertz CT molecular complexity index is 804. The molecule has 2 aromatic carbocycles. The van der Waals surface area contributed by atoms with Gasteiger partial charge < -0.3 is 15.0 Å². The second-order valence-corrected chi connectivity index (χ2v) is 6.82. The maximum Gasteiger partial charge on any atom is 0.242 e. The third kappa shape index (κ3) is 6.13. The summed E-state index contributed by atoms with van der Waals surface area (Å²) >= 11 is 5.92. The lowest BCUT2D eigenvalue weighted by molar-refractivity contribution is -0.140. The molecule has 2 amide bonds. The van der Waals surface area contributed by atoms with Gasteiger partial charge >= 0.3 is 0 Å². The minimum atomic E-state index is -0.623. The SMILES string of the molecule is C=CCNC(=O)[C@@H](C)N(Cc1ccc(OC)cc1)C(=O)Cc1ccc(Cl)cc1. The van der Waals surface area contributed by atoms with Crippen LogP contribution >= 0.6 is 11.6 Å². The van der Waals surface area contributed by atoms with Crippen molar-refractivity contribution in [2.45, 2.75) is 25.9 Å². The summed E-state index contributed by atoms with van der Waals surface area (Å²) in [4.78, 5) is 27.0. The number of amides is 2. The van der Waals surface area contributed by atoms with Crippen molar-refractivity contribution < 1.29 is 14.3 Å². The Morgan fingerprint density at radius 3 is 2.32 bits per heavy atom. The van der Waals surface area contributed by atoms with Crippen LogP contribution in [0.4, 0.5) is 0 Å². The van der Waals surface area contributed by atoms with Gasteiger partial charge in [0.05, 0.1) is 13.5 Å². The van der Waals surface area contributed by atoms with Gasteiger partial charge in [-0.1, -0.05) is 41.9 Å². The molecule has 6 heteroatoms. The third-order valence-corrected chi connectivity index (χ3v) is 4.62. The second-order valence-electron chi connectivity index (χ2n) is 6.38. The summed E-state index contributed by atoms with van der Waals surface area (Å²) in [5, 5.41) is 3.37. The van der Waals surface area contributed by atoms with Crippen LogP contribution in [0.1, 0.15) is 18.1 Å². The highest BCUT2D eigenvalue weighted by Gasteiger charge is 2.26. The molecule has 0 aromatic heterocycles. The van der Waals surface area contributed by atoms with E-state index in [0.717, 1.165) is 16.9 Å². The van der Waals surface area contributed by atoms with Gasteiger partial charge in [0.1, 0.15) is 11.8 Å². The molecule has 2 aromatic rings. The van der Waals surface area contributed by atoms with Crippen molar-refractivity contribution in [3.63, 3.8) is 0 Å². The summed E-state index contributed by atoms with van der Waals surface area (Å²) in [5.74, 6) is 0.372. The number of rotatable bonds is 9. The summed E-state index contributed by atoms with van der Waals surface area (Å²) in [6.07, 6.45) is 1.79. The van der Waals surface area contributed by atoms with Crippen LogP contribution in [0.15, 0.2) is 61.2 Å². The zero-order valence-corrected chi connectivity index (χ0v) is 16.9. The lowest BCUT2D eigenvalue weighted by Crippen LogP contribution is -2.48. The molecule has 1 atom stereocenters. The lowest BCUT2D eigenvalue weighted by Gasteiger charge is -2.29. The third-order valence-electron chi connectivity index (χ3n) is 4.37. The standard InChI is InChI=1S/C22H25ClN2O3/c1-4-13-24-22(27)16(2)25(15-18-7-11-20(28-3)12-8-18)21(26)14-17-5-9-19(23)10-6-17/h4-12,16H,1,13-15H2,2-3H3,(H,24,27)/t16-/m1/s1. The van der Waals surface area contributed by atoms with Crippen LogP contribution in [0.2, 0.25) is 5.02 Å². The maximum absolute atomic E-state index is 13.0. The number of nitrogens with zero attached hydrogens (tertiary/aromatic N) is 1. The number of hydrogen-bond acceptors (Lipinski definition) is 3. The van der Waals surface area contributed by atoms with Crippen LogP contribution in [-0.4, -0.2) is 36.4 Å². The number of methoxy groups -OCH3 is 1. The van der Waals surface area contributed by atoms with E-state index in [4.69, 9.17) is 16.3 Å². The monoisotopic (exact) mass is 400 g/mol. The van der Waals surface area contributed by atoms with Crippen molar-refractivity contribution in [3.8, 4) is 5.75 Å². The van der Waals surface area contributed by atoms with Crippen LogP contribution in [0.3, 0.4) is 0 Å². The number of ether oxygens (including phenoxy) is 1. The van der Waals surface area contributed by atoms with E-state index < -0.39 is 6.04 Å². The summed E-state index contributed by atoms with van der Waals surface area (Å²) in [6, 6.07) is 13.9. The molecule has 2 rings (SSSR count). The molecule has 0 heterocycles. The van der Waals surface area contributed by atoms with Crippen molar-refractivity contribution in [1.29, 1.82) is 0 Å². The average molecular weight is 401 g/mol. The zero-order valence-electron chi connectivity index (χ0n) is 16.2. The molecule has 0 aliphatic heterocycles. The van der Waals surface area contributed by atoms with Crippen LogP contribution in [0, 0.1) is 0 Å². The summed E-state index contributed by atoms with van der Waals surface area (Å²) < 4.78 is 5.18. The molecule has 5 nitrogen and oxygen atoms in total. The molecular formula is C22H25ClN2O3. The van der Waals surface area contributed by atoms with E-state index in [1.54, 1.807) is 37.1 Å². The highest BCUT2D eigenvalue weighted by molar-refractivity contribution is 6.30. The Labute approximate surface area is 170 Å². The fraction of sp³-hybridized carbons (Fsp3) is 0.273. The molecule has 0 aliphatic rings. The zero-order chi connectivity index (χ0) is 20.5. The summed E-state index contributed by atoms with van der Waals surface area (Å²) in [6.45, 7) is 6.00. The Morgan fingerprint density at radius 2 is 1.75 bits per heavy atom. The highest BCUT2D eigenvalue weighted by atomic mass is 35.5. The number of carbonyl (C=O) groups is 2. The van der Waals surface area contributed by atoms with Gasteiger partial charge in [0.2, 0.25) is 11.8 Å². The van der Waals surface area contributed by atoms with Crippen LogP contribution in [0.25, 0.3) is 0 Å². The van der Waals surface area contributed by atoms with E-state index in [9.17, 15) is 9.59 Å². The predicted molar refractivity (Wildman–Crippen MR) is 111 cm³/mol. The molecule has 0 fully saturated rings. The first-order valence-corrected chi connectivity index (χ1v) is 9.38. The minimum absolute atomic E-state index is 0.139. The number of nitrogens with one attached hydrogen (secondary N) is 1. The van der Waals surface area contributed by atoms with E-state index >= 15 is 0 Å². The summed E-state index contributed by atoms with van der Waals surface area (Å²) in [7, 11) is 1.60. The number of hydrogen-bond donors (Lipinski definition) is 1. The Balaban J connectivity index is 2.20. The van der Waals surface area contributed by atoms with E-state index in [2.05, 4.69) is 11.9 Å². The van der Waals surface area contributed by atoms with Gasteiger partial charge in [-0.25, -0.2) is 0 Å². The molecule has 1 N–H and O–H groups in total. The van der Waals surface area contributed by atoms with Crippen LogP contribution in [-0.2, 0) is 22.6 Å². The molecule has 0 saturated carbocycles. The van der Waals surface area contributed by atoms with E-state index in [1.165, 1.54) is 0 Å².